The number of benzene rings is 2. The molecule has 2 aromatic rings. The minimum atomic E-state index is -0.214. The lowest BCUT2D eigenvalue weighted by Gasteiger charge is -2.27. The average Bonchev–Trinajstić information content (AvgIpc) is 2.56. The van der Waals surface area contributed by atoms with Gasteiger partial charge in [0, 0.05) is 30.5 Å². The van der Waals surface area contributed by atoms with Crippen LogP contribution in [0.3, 0.4) is 0 Å². The second-order valence-electron chi connectivity index (χ2n) is 8.53. The quantitative estimate of drug-likeness (QED) is 0.743. The van der Waals surface area contributed by atoms with Crippen molar-refractivity contribution in [1.29, 1.82) is 0 Å². The van der Waals surface area contributed by atoms with Gasteiger partial charge >= 0.3 is 0 Å². The number of nitrogens with one attached hydrogen (secondary N) is 1. The van der Waals surface area contributed by atoms with Crippen molar-refractivity contribution < 1.29 is 9.18 Å². The van der Waals surface area contributed by atoms with E-state index in [-0.39, 0.29) is 17.1 Å². The van der Waals surface area contributed by atoms with E-state index in [4.69, 9.17) is 0 Å². The summed E-state index contributed by atoms with van der Waals surface area (Å²) in [4.78, 5) is 14.5. The monoisotopic (exact) mass is 366 g/mol. The van der Waals surface area contributed by atoms with E-state index in [1.54, 1.807) is 6.07 Å². The van der Waals surface area contributed by atoms with E-state index in [1.165, 1.54) is 6.07 Å². The number of rotatable bonds is 3. The standard InChI is InChI=1S/C23H27FN2O/c1-15-10-20(11-16(2)22(15)25-21(27)13-23(3,4)5)26-9-8-17-12-19(24)7-6-18(17)14-26/h6-12H,13-14H2,1-5H3,(H,25,27). The van der Waals surface area contributed by atoms with Crippen LogP contribution < -0.4 is 10.2 Å². The molecule has 0 fully saturated rings. The maximum absolute atomic E-state index is 13.4. The maximum Gasteiger partial charge on any atom is 0.224 e. The first kappa shape index (κ1) is 19.2. The van der Waals surface area contributed by atoms with Crippen molar-refractivity contribution in [2.75, 3.05) is 10.2 Å². The maximum atomic E-state index is 13.4. The Balaban J connectivity index is 1.81. The lowest BCUT2D eigenvalue weighted by molar-refractivity contribution is -0.117. The molecule has 2 aromatic carbocycles. The van der Waals surface area contributed by atoms with E-state index in [2.05, 4.69) is 43.1 Å². The van der Waals surface area contributed by atoms with Gasteiger partial charge in [-0.1, -0.05) is 26.8 Å². The minimum Gasteiger partial charge on any atom is -0.343 e. The van der Waals surface area contributed by atoms with Crippen molar-refractivity contribution in [3.63, 3.8) is 0 Å². The summed E-state index contributed by atoms with van der Waals surface area (Å²) in [5, 5.41) is 3.07. The second kappa shape index (κ2) is 7.18. The van der Waals surface area contributed by atoms with Crippen LogP contribution in [0.2, 0.25) is 0 Å². The highest BCUT2D eigenvalue weighted by Crippen LogP contribution is 2.31. The Morgan fingerprint density at radius 1 is 1.15 bits per heavy atom. The van der Waals surface area contributed by atoms with Gasteiger partial charge in [-0.05, 0) is 71.9 Å². The van der Waals surface area contributed by atoms with Crippen LogP contribution in [0.4, 0.5) is 15.8 Å². The molecule has 0 saturated heterocycles. The lowest BCUT2D eigenvalue weighted by Crippen LogP contribution is -2.22. The van der Waals surface area contributed by atoms with Crippen LogP contribution in [-0.2, 0) is 11.3 Å². The Morgan fingerprint density at radius 2 is 1.81 bits per heavy atom. The van der Waals surface area contributed by atoms with Crippen LogP contribution in [-0.4, -0.2) is 5.91 Å². The van der Waals surface area contributed by atoms with Gasteiger partial charge in [0.05, 0.1) is 0 Å². The van der Waals surface area contributed by atoms with Crippen molar-refractivity contribution in [2.24, 2.45) is 5.41 Å². The molecule has 3 rings (SSSR count). The van der Waals surface area contributed by atoms with E-state index in [1.807, 2.05) is 32.2 Å². The van der Waals surface area contributed by atoms with Crippen molar-refractivity contribution in [2.45, 2.75) is 47.6 Å². The topological polar surface area (TPSA) is 32.3 Å². The van der Waals surface area contributed by atoms with Crippen molar-refractivity contribution in [1.82, 2.24) is 0 Å². The molecule has 27 heavy (non-hydrogen) atoms. The summed E-state index contributed by atoms with van der Waals surface area (Å²) in [6.07, 6.45) is 4.40. The molecule has 0 radical (unpaired) electrons. The summed E-state index contributed by atoms with van der Waals surface area (Å²) >= 11 is 0. The lowest BCUT2D eigenvalue weighted by atomic mass is 9.92. The van der Waals surface area contributed by atoms with E-state index >= 15 is 0 Å². The van der Waals surface area contributed by atoms with Gasteiger partial charge in [-0.15, -0.1) is 0 Å². The second-order valence-corrected chi connectivity index (χ2v) is 8.53. The summed E-state index contributed by atoms with van der Waals surface area (Å²) < 4.78 is 13.4. The van der Waals surface area contributed by atoms with Gasteiger partial charge in [0.1, 0.15) is 5.82 Å². The molecule has 1 aliphatic rings. The zero-order valence-corrected chi connectivity index (χ0v) is 16.7. The molecule has 0 atom stereocenters. The molecule has 0 bridgehead atoms. The normalized spacial score (nSPS) is 13.5. The van der Waals surface area contributed by atoms with Gasteiger partial charge in [-0.25, -0.2) is 4.39 Å². The number of anilines is 2. The zero-order valence-electron chi connectivity index (χ0n) is 16.7. The van der Waals surface area contributed by atoms with Crippen LogP contribution in [0.1, 0.15) is 49.4 Å². The molecular formula is C23H27FN2O. The first-order chi connectivity index (χ1) is 12.6. The van der Waals surface area contributed by atoms with E-state index in [0.29, 0.717) is 13.0 Å². The molecular weight excluding hydrogens is 339 g/mol. The molecule has 142 valence electrons. The fourth-order valence-corrected chi connectivity index (χ4v) is 3.42. The van der Waals surface area contributed by atoms with E-state index in [9.17, 15) is 9.18 Å². The number of carbonyl (C=O) groups is 1. The largest absolute Gasteiger partial charge is 0.343 e. The molecule has 1 heterocycles. The molecule has 0 aliphatic carbocycles. The van der Waals surface area contributed by atoms with E-state index in [0.717, 1.165) is 33.6 Å². The molecule has 1 N–H and O–H groups in total. The highest BCUT2D eigenvalue weighted by Gasteiger charge is 2.19. The highest BCUT2D eigenvalue weighted by atomic mass is 19.1. The number of hydrogen-bond acceptors (Lipinski definition) is 2. The molecule has 1 amide bonds. The summed E-state index contributed by atoms with van der Waals surface area (Å²) in [5.74, 6) is -0.177. The van der Waals surface area contributed by atoms with Gasteiger partial charge in [-0.3, -0.25) is 4.79 Å². The fraction of sp³-hybridized carbons (Fsp3) is 0.348. The van der Waals surface area contributed by atoms with Crippen molar-refractivity contribution in [3.8, 4) is 0 Å². The molecule has 0 unspecified atom stereocenters. The number of fused-ring (bicyclic) bond motifs is 1. The van der Waals surface area contributed by atoms with Gasteiger partial charge in [-0.2, -0.15) is 0 Å². The summed E-state index contributed by atoms with van der Waals surface area (Å²) in [6, 6.07) is 9.06. The predicted molar refractivity (Wildman–Crippen MR) is 110 cm³/mol. The summed E-state index contributed by atoms with van der Waals surface area (Å²) in [5.41, 5.74) is 5.98. The van der Waals surface area contributed by atoms with Crippen molar-refractivity contribution in [3.05, 3.63) is 64.6 Å². The van der Waals surface area contributed by atoms with Gasteiger partial charge < -0.3 is 10.2 Å². The van der Waals surface area contributed by atoms with Gasteiger partial charge in [0.25, 0.3) is 0 Å². The summed E-state index contributed by atoms with van der Waals surface area (Å²) in [7, 11) is 0. The number of halogens is 1. The Kier molecular flexibility index (Phi) is 5.09. The third-order valence-corrected chi connectivity index (χ3v) is 4.69. The molecule has 1 aliphatic heterocycles. The average molecular weight is 366 g/mol. The number of hydrogen-bond donors (Lipinski definition) is 1. The Morgan fingerprint density at radius 3 is 2.44 bits per heavy atom. The van der Waals surface area contributed by atoms with Crippen LogP contribution in [0.15, 0.2) is 36.5 Å². The first-order valence-electron chi connectivity index (χ1n) is 9.27. The third-order valence-electron chi connectivity index (χ3n) is 4.69. The smallest absolute Gasteiger partial charge is 0.224 e. The highest BCUT2D eigenvalue weighted by molar-refractivity contribution is 5.93. The molecule has 4 heteroatoms. The third kappa shape index (κ3) is 4.57. The Hall–Kier alpha value is -2.62. The molecule has 0 spiro atoms. The molecule has 3 nitrogen and oxygen atoms in total. The molecule has 0 saturated carbocycles. The number of carbonyl (C=O) groups excluding carboxylic acids is 1. The number of amides is 1. The van der Waals surface area contributed by atoms with Gasteiger partial charge in [0.2, 0.25) is 5.91 Å². The van der Waals surface area contributed by atoms with Gasteiger partial charge in [0.15, 0.2) is 0 Å². The minimum absolute atomic E-state index is 0.0373. The van der Waals surface area contributed by atoms with Crippen LogP contribution >= 0.6 is 0 Å². The molecule has 0 aromatic heterocycles. The number of aryl methyl sites for hydroxylation is 2. The first-order valence-corrected chi connectivity index (χ1v) is 9.27. The van der Waals surface area contributed by atoms with Crippen LogP contribution in [0.25, 0.3) is 6.08 Å². The summed E-state index contributed by atoms with van der Waals surface area (Å²) in [6.45, 7) is 10.9. The fourth-order valence-electron chi connectivity index (χ4n) is 3.42. The Bertz CT molecular complexity index is 886. The van der Waals surface area contributed by atoms with Crippen LogP contribution in [0.5, 0.6) is 0 Å². The predicted octanol–water partition coefficient (Wildman–Crippen LogP) is 5.81. The SMILES string of the molecule is Cc1cc(N2C=Cc3cc(F)ccc3C2)cc(C)c1NC(=O)CC(C)(C)C. The zero-order chi connectivity index (χ0) is 19.8. The Labute approximate surface area is 160 Å². The van der Waals surface area contributed by atoms with E-state index < -0.39 is 0 Å². The number of nitrogens with zero attached hydrogens (tertiary/aromatic N) is 1. The van der Waals surface area contributed by atoms with Crippen LogP contribution in [0, 0.1) is 25.1 Å². The van der Waals surface area contributed by atoms with Crippen molar-refractivity contribution >= 4 is 23.4 Å².